The predicted molar refractivity (Wildman–Crippen MR) is 99.6 cm³/mol. The van der Waals surface area contributed by atoms with Crippen LogP contribution in [0.5, 0.6) is 11.5 Å². The van der Waals surface area contributed by atoms with Gasteiger partial charge < -0.3 is 29.8 Å². The summed E-state index contributed by atoms with van der Waals surface area (Å²) in [6.45, 7) is 0.963. The van der Waals surface area contributed by atoms with Crippen LogP contribution in [0.3, 0.4) is 0 Å². The minimum absolute atomic E-state index is 0.262. The van der Waals surface area contributed by atoms with Gasteiger partial charge in [0.2, 0.25) is 0 Å². The molecule has 0 spiro atoms. The topological polar surface area (TPSA) is 117 Å². The van der Waals surface area contributed by atoms with Gasteiger partial charge in [-0.25, -0.2) is 4.79 Å². The summed E-state index contributed by atoms with van der Waals surface area (Å²) in [7, 11) is 3.85. The Morgan fingerprint density at radius 3 is 2.85 bits per heavy atom. The van der Waals surface area contributed by atoms with Gasteiger partial charge in [0.25, 0.3) is 5.56 Å². The summed E-state index contributed by atoms with van der Waals surface area (Å²) < 4.78 is 7.91. The molecule has 1 aliphatic rings. The third kappa shape index (κ3) is 2.57. The van der Waals surface area contributed by atoms with Gasteiger partial charge in [-0.2, -0.15) is 0 Å². The second-order valence-electron chi connectivity index (χ2n) is 6.57. The molecule has 8 nitrogen and oxygen atoms in total. The zero-order valence-corrected chi connectivity index (χ0v) is 14.9. The van der Waals surface area contributed by atoms with Gasteiger partial charge >= 0.3 is 5.97 Å². The average Bonchev–Trinajstić information content (AvgIpc) is 2.80. The van der Waals surface area contributed by atoms with E-state index in [1.54, 1.807) is 0 Å². The van der Waals surface area contributed by atoms with E-state index in [0.29, 0.717) is 29.1 Å². The third-order valence-corrected chi connectivity index (χ3v) is 4.98. The molecule has 4 rings (SSSR count). The molecule has 0 saturated carbocycles. The molecule has 140 valence electrons. The van der Waals surface area contributed by atoms with Crippen LogP contribution in [0.2, 0.25) is 0 Å². The number of carboxylic acids is 1. The molecule has 0 saturated heterocycles. The van der Waals surface area contributed by atoms with Gasteiger partial charge in [-0.1, -0.05) is 0 Å². The Bertz CT molecular complexity index is 1140. The Labute approximate surface area is 154 Å². The lowest BCUT2D eigenvalue weighted by atomic mass is 9.99. The Hall–Kier alpha value is -3.26. The van der Waals surface area contributed by atoms with Crippen molar-refractivity contribution in [1.82, 2.24) is 14.9 Å². The number of aryl methyl sites for hydroxylation is 1. The van der Waals surface area contributed by atoms with Crippen molar-refractivity contribution in [3.8, 4) is 22.8 Å². The first-order valence-electron chi connectivity index (χ1n) is 8.54. The van der Waals surface area contributed by atoms with Gasteiger partial charge in [-0.15, -0.1) is 0 Å². The quantitative estimate of drug-likeness (QED) is 0.557. The van der Waals surface area contributed by atoms with E-state index in [1.807, 2.05) is 32.3 Å². The smallest absolute Gasteiger partial charge is 0.345 e. The van der Waals surface area contributed by atoms with Crippen molar-refractivity contribution >= 4 is 16.9 Å². The van der Waals surface area contributed by atoms with Crippen LogP contribution in [0.4, 0.5) is 0 Å². The number of ether oxygens (including phenoxy) is 1. The summed E-state index contributed by atoms with van der Waals surface area (Å²) in [5.41, 5.74) is 1.99. The lowest BCUT2D eigenvalue weighted by molar-refractivity contribution is 0.0691. The fourth-order valence-electron chi connectivity index (χ4n) is 3.65. The number of hydrogen-bond acceptors (Lipinski definition) is 5. The number of aromatic amines is 1. The molecule has 2 aromatic heterocycles. The van der Waals surface area contributed by atoms with Gasteiger partial charge in [-0.05, 0) is 19.2 Å². The summed E-state index contributed by atoms with van der Waals surface area (Å²) in [6.07, 6.45) is 0.286. The molecule has 0 unspecified atom stereocenters. The number of nitrogens with zero attached hydrogens (tertiary/aromatic N) is 1. The Kier molecular flexibility index (Phi) is 3.92. The predicted octanol–water partition coefficient (Wildman–Crippen LogP) is 1.59. The average molecular weight is 369 g/mol. The minimum Gasteiger partial charge on any atom is -0.506 e. The number of pyridine rings is 1. The molecule has 4 N–H and O–H groups in total. The number of aromatic hydroxyl groups is 1. The van der Waals surface area contributed by atoms with E-state index in [4.69, 9.17) is 4.74 Å². The van der Waals surface area contributed by atoms with Crippen LogP contribution in [0, 0.1) is 0 Å². The molecule has 0 aliphatic carbocycles. The molecule has 8 heteroatoms. The molecule has 3 aromatic rings. The summed E-state index contributed by atoms with van der Waals surface area (Å²) >= 11 is 0. The van der Waals surface area contributed by atoms with E-state index in [0.717, 1.165) is 16.6 Å². The lowest BCUT2D eigenvalue weighted by Gasteiger charge is -2.12. The summed E-state index contributed by atoms with van der Waals surface area (Å²) in [6, 6.07) is 5.84. The minimum atomic E-state index is -1.46. The number of hydrogen-bond donors (Lipinski definition) is 4. The number of aromatic carboxylic acids is 1. The maximum atomic E-state index is 12.2. The summed E-state index contributed by atoms with van der Waals surface area (Å²) in [5.74, 6) is -1.38. The van der Waals surface area contributed by atoms with Crippen LogP contribution in [-0.2, 0) is 20.0 Å². The molecule has 3 heterocycles. The molecule has 1 aromatic carbocycles. The maximum absolute atomic E-state index is 12.2. The van der Waals surface area contributed by atoms with Crippen LogP contribution in [0.15, 0.2) is 23.0 Å². The number of benzene rings is 1. The van der Waals surface area contributed by atoms with Crippen LogP contribution in [0.1, 0.15) is 21.6 Å². The number of fused-ring (bicyclic) bond motifs is 4. The molecule has 0 amide bonds. The number of carbonyl (C=O) groups is 1. The highest BCUT2D eigenvalue weighted by atomic mass is 16.5. The molecule has 0 bridgehead atoms. The number of carboxylic acid groups (broad SMARTS) is 1. The summed E-state index contributed by atoms with van der Waals surface area (Å²) in [5, 5.41) is 23.7. The first kappa shape index (κ1) is 17.2. The molecular weight excluding hydrogens is 350 g/mol. The van der Waals surface area contributed by atoms with E-state index in [9.17, 15) is 19.8 Å². The second-order valence-corrected chi connectivity index (χ2v) is 6.57. The van der Waals surface area contributed by atoms with Crippen LogP contribution >= 0.6 is 0 Å². The molecule has 27 heavy (non-hydrogen) atoms. The third-order valence-electron chi connectivity index (χ3n) is 4.98. The van der Waals surface area contributed by atoms with Crippen molar-refractivity contribution in [2.24, 2.45) is 7.05 Å². The first-order chi connectivity index (χ1) is 12.9. The molecular formula is C19H19N3O5. The largest absolute Gasteiger partial charge is 0.506 e. The zero-order valence-electron chi connectivity index (χ0n) is 14.9. The molecule has 0 atom stereocenters. The van der Waals surface area contributed by atoms with Crippen molar-refractivity contribution in [2.75, 3.05) is 13.7 Å². The van der Waals surface area contributed by atoms with E-state index in [2.05, 4.69) is 14.9 Å². The van der Waals surface area contributed by atoms with Gasteiger partial charge in [-0.3, -0.25) is 4.79 Å². The maximum Gasteiger partial charge on any atom is 0.345 e. The monoisotopic (exact) mass is 369 g/mol. The van der Waals surface area contributed by atoms with Crippen molar-refractivity contribution in [1.29, 1.82) is 0 Å². The van der Waals surface area contributed by atoms with Crippen molar-refractivity contribution < 1.29 is 19.7 Å². The van der Waals surface area contributed by atoms with Gasteiger partial charge in [0.05, 0.1) is 17.8 Å². The summed E-state index contributed by atoms with van der Waals surface area (Å²) in [4.78, 5) is 26.2. The van der Waals surface area contributed by atoms with Crippen LogP contribution in [-0.4, -0.2) is 39.4 Å². The zero-order chi connectivity index (χ0) is 19.3. The fraction of sp³-hybridized carbons (Fsp3) is 0.263. The Morgan fingerprint density at radius 2 is 2.15 bits per heavy atom. The van der Waals surface area contributed by atoms with Crippen molar-refractivity contribution in [2.45, 2.75) is 13.0 Å². The van der Waals surface area contributed by atoms with E-state index in [1.165, 1.54) is 0 Å². The normalized spacial score (nSPS) is 13.0. The molecule has 0 radical (unpaired) electrons. The van der Waals surface area contributed by atoms with E-state index >= 15 is 0 Å². The number of H-pyrrole nitrogens is 1. The van der Waals surface area contributed by atoms with Gasteiger partial charge in [0.1, 0.15) is 11.5 Å². The Morgan fingerprint density at radius 1 is 1.37 bits per heavy atom. The number of rotatable bonds is 3. The van der Waals surface area contributed by atoms with Crippen molar-refractivity contribution in [3.05, 3.63) is 45.4 Å². The van der Waals surface area contributed by atoms with Crippen LogP contribution < -0.4 is 15.6 Å². The first-order valence-corrected chi connectivity index (χ1v) is 8.54. The fourth-order valence-corrected chi connectivity index (χ4v) is 3.65. The van der Waals surface area contributed by atoms with E-state index < -0.39 is 22.8 Å². The molecule has 1 aliphatic heterocycles. The SMILES string of the molecule is CNCc1cc2cc3c(cc2n1C)OCCc1c-3[nH]c(=O)c(C(=O)O)c1O. The lowest BCUT2D eigenvalue weighted by Crippen LogP contribution is -2.20. The van der Waals surface area contributed by atoms with E-state index in [-0.39, 0.29) is 13.0 Å². The van der Waals surface area contributed by atoms with Crippen LogP contribution in [0.25, 0.3) is 22.2 Å². The number of aromatic nitrogens is 2. The van der Waals surface area contributed by atoms with Gasteiger partial charge in [0.15, 0.2) is 5.56 Å². The molecule has 0 fully saturated rings. The highest BCUT2D eigenvalue weighted by Gasteiger charge is 2.26. The van der Waals surface area contributed by atoms with Crippen molar-refractivity contribution in [3.63, 3.8) is 0 Å². The highest BCUT2D eigenvalue weighted by molar-refractivity contribution is 5.94. The highest BCUT2D eigenvalue weighted by Crippen LogP contribution is 2.40. The Balaban J connectivity index is 2.01. The number of nitrogens with one attached hydrogen (secondary N) is 2. The second kappa shape index (κ2) is 6.17. The van der Waals surface area contributed by atoms with Gasteiger partial charge in [0, 0.05) is 48.3 Å². The standard InChI is InChI=1S/C19H19N3O5/c1-20-8-10-5-9-6-12-14(7-13(9)22(10)2)27-4-3-11-16(12)21-18(24)15(17(11)23)19(25)26/h5-7,20H,3-4,8H2,1-2H3,(H,25,26)(H2,21,23,24).